The molecule has 10 heteroatoms. The molecule has 0 saturated heterocycles. The number of rotatable bonds is 3. The van der Waals surface area contributed by atoms with Gasteiger partial charge in [0, 0.05) is 11.0 Å². The number of halogens is 2. The van der Waals surface area contributed by atoms with Gasteiger partial charge in [0.15, 0.2) is 16.6 Å². The molecule has 1 aromatic carbocycles. The molecule has 2 heterocycles. The molecule has 0 aliphatic carbocycles. The average Bonchev–Trinajstić information content (AvgIpc) is 3.17. The monoisotopic (exact) mass is 491 g/mol. The van der Waals surface area contributed by atoms with Crippen LogP contribution in [0.2, 0.25) is 0 Å². The zero-order valence-corrected chi connectivity index (χ0v) is 16.8. The van der Waals surface area contributed by atoms with Gasteiger partial charge < -0.3 is 14.8 Å². The predicted octanol–water partition coefficient (Wildman–Crippen LogP) is 3.31. The van der Waals surface area contributed by atoms with E-state index in [1.807, 2.05) is 18.2 Å². The van der Waals surface area contributed by atoms with Gasteiger partial charge in [0.05, 0.1) is 8.66 Å². The highest BCUT2D eigenvalue weighted by atomic mass is 79.9. The lowest BCUT2D eigenvalue weighted by atomic mass is 10.2. The normalized spacial score (nSPS) is 11.9. The van der Waals surface area contributed by atoms with E-state index in [9.17, 15) is 4.79 Å². The number of thiophene rings is 1. The van der Waals surface area contributed by atoms with Crippen LogP contribution in [0.5, 0.6) is 11.5 Å². The van der Waals surface area contributed by atoms with Crippen LogP contribution in [0.1, 0.15) is 15.2 Å². The molecule has 2 aromatic rings. The van der Waals surface area contributed by atoms with Gasteiger partial charge in [-0.05, 0) is 67.8 Å². The molecule has 1 aromatic heterocycles. The van der Waals surface area contributed by atoms with E-state index in [1.165, 1.54) is 11.3 Å². The fraction of sp³-hybridized carbons (Fsp3) is 0.143. The fourth-order valence-electron chi connectivity index (χ4n) is 1.91. The lowest BCUT2D eigenvalue weighted by Crippen LogP contribution is -2.46. The van der Waals surface area contributed by atoms with Crippen molar-refractivity contribution in [2.45, 2.75) is 6.54 Å². The van der Waals surface area contributed by atoms with Crippen LogP contribution in [-0.2, 0) is 6.54 Å². The van der Waals surface area contributed by atoms with Crippen LogP contribution in [0.3, 0.4) is 0 Å². The van der Waals surface area contributed by atoms with Crippen molar-refractivity contribution in [3.8, 4) is 11.5 Å². The molecule has 126 valence electrons. The van der Waals surface area contributed by atoms with Crippen molar-refractivity contribution >= 4 is 66.4 Å². The third-order valence-electron chi connectivity index (χ3n) is 3.05. The van der Waals surface area contributed by atoms with Crippen molar-refractivity contribution in [1.82, 2.24) is 16.2 Å². The lowest BCUT2D eigenvalue weighted by molar-refractivity contribution is 0.0947. The highest BCUT2D eigenvalue weighted by Gasteiger charge is 2.14. The zero-order valence-electron chi connectivity index (χ0n) is 12.0. The molecule has 0 spiro atoms. The van der Waals surface area contributed by atoms with Crippen LogP contribution < -0.4 is 25.6 Å². The summed E-state index contributed by atoms with van der Waals surface area (Å²) in [6.45, 7) is 0.738. The van der Waals surface area contributed by atoms with Crippen molar-refractivity contribution < 1.29 is 14.3 Å². The number of hydrogen-bond acceptors (Lipinski definition) is 5. The molecule has 1 aliphatic rings. The number of benzene rings is 1. The predicted molar refractivity (Wildman–Crippen MR) is 102 cm³/mol. The quantitative estimate of drug-likeness (QED) is 0.451. The molecular weight excluding hydrogens is 482 g/mol. The van der Waals surface area contributed by atoms with E-state index in [2.05, 4.69) is 48.0 Å². The average molecular weight is 493 g/mol. The number of fused-ring (bicyclic) bond motifs is 1. The van der Waals surface area contributed by atoms with Gasteiger partial charge in [-0.25, -0.2) is 0 Å². The minimum Gasteiger partial charge on any atom is -0.454 e. The van der Waals surface area contributed by atoms with Gasteiger partial charge in [-0.3, -0.25) is 15.6 Å². The Morgan fingerprint density at radius 3 is 2.75 bits per heavy atom. The maximum atomic E-state index is 12.0. The first-order valence-electron chi connectivity index (χ1n) is 6.70. The zero-order chi connectivity index (χ0) is 17.1. The molecule has 0 bridgehead atoms. The summed E-state index contributed by atoms with van der Waals surface area (Å²) in [6, 6.07) is 7.39. The number of hydrogen-bond donors (Lipinski definition) is 3. The summed E-state index contributed by atoms with van der Waals surface area (Å²) in [5, 5.41) is 3.32. The van der Waals surface area contributed by atoms with Gasteiger partial charge in [0.1, 0.15) is 0 Å². The highest BCUT2D eigenvalue weighted by molar-refractivity contribution is 9.13. The molecular formula is C14H11Br2N3O3S2. The summed E-state index contributed by atoms with van der Waals surface area (Å²) in [5.74, 6) is 1.19. The second kappa shape index (κ2) is 7.68. The number of carbonyl (C=O) groups excluding carboxylic acids is 1. The Bertz CT molecular complexity index is 778. The number of ether oxygens (including phenoxy) is 2. The molecule has 0 radical (unpaired) electrons. The Balaban J connectivity index is 1.46. The van der Waals surface area contributed by atoms with Gasteiger partial charge in [-0.1, -0.05) is 6.07 Å². The second-order valence-corrected chi connectivity index (χ2v) is 8.31. The van der Waals surface area contributed by atoms with E-state index in [4.69, 9.17) is 21.7 Å². The number of hydrazine groups is 1. The molecule has 3 N–H and O–H groups in total. The van der Waals surface area contributed by atoms with Crippen LogP contribution in [0.25, 0.3) is 0 Å². The van der Waals surface area contributed by atoms with Crippen molar-refractivity contribution in [2.24, 2.45) is 0 Å². The van der Waals surface area contributed by atoms with Crippen molar-refractivity contribution in [2.75, 3.05) is 6.79 Å². The van der Waals surface area contributed by atoms with E-state index in [0.29, 0.717) is 16.5 Å². The van der Waals surface area contributed by atoms with Crippen molar-refractivity contribution in [3.05, 3.63) is 43.0 Å². The first-order valence-corrected chi connectivity index (χ1v) is 9.51. The molecule has 6 nitrogen and oxygen atoms in total. The largest absolute Gasteiger partial charge is 0.454 e. The first-order chi connectivity index (χ1) is 11.5. The molecule has 3 rings (SSSR count). The van der Waals surface area contributed by atoms with E-state index in [0.717, 1.165) is 25.3 Å². The van der Waals surface area contributed by atoms with Crippen LogP contribution >= 0.6 is 55.4 Å². The lowest BCUT2D eigenvalue weighted by Gasteiger charge is -2.11. The topological polar surface area (TPSA) is 71.6 Å². The fourth-order valence-corrected chi connectivity index (χ4v) is 3.97. The van der Waals surface area contributed by atoms with Gasteiger partial charge in [0.25, 0.3) is 5.91 Å². The third kappa shape index (κ3) is 4.18. The molecule has 1 aliphatic heterocycles. The number of nitrogens with one attached hydrogen (secondary N) is 3. The number of carbonyl (C=O) groups is 1. The summed E-state index contributed by atoms with van der Waals surface area (Å²) in [4.78, 5) is 12.5. The molecule has 0 saturated carbocycles. The van der Waals surface area contributed by atoms with E-state index < -0.39 is 0 Å². The van der Waals surface area contributed by atoms with Crippen molar-refractivity contribution in [3.63, 3.8) is 0 Å². The smallest absolute Gasteiger partial charge is 0.279 e. The van der Waals surface area contributed by atoms with Gasteiger partial charge in [0.2, 0.25) is 6.79 Å². The summed E-state index contributed by atoms with van der Waals surface area (Å²) in [7, 11) is 0. The number of amides is 1. The van der Waals surface area contributed by atoms with Crippen LogP contribution in [0.15, 0.2) is 32.5 Å². The van der Waals surface area contributed by atoms with Gasteiger partial charge >= 0.3 is 0 Å². The van der Waals surface area contributed by atoms with E-state index in [1.54, 1.807) is 6.07 Å². The minimum atomic E-state index is -0.265. The minimum absolute atomic E-state index is 0.243. The van der Waals surface area contributed by atoms with Crippen LogP contribution in [0, 0.1) is 0 Å². The third-order valence-corrected chi connectivity index (χ3v) is 6.55. The SMILES string of the molecule is O=C(NNC(=S)NCc1ccc2c(c1)OCO2)c1cc(Br)c(Br)s1. The van der Waals surface area contributed by atoms with E-state index >= 15 is 0 Å². The highest BCUT2D eigenvalue weighted by Crippen LogP contribution is 2.33. The summed E-state index contributed by atoms with van der Waals surface area (Å²) in [6.07, 6.45) is 0. The second-order valence-electron chi connectivity index (χ2n) is 4.68. The van der Waals surface area contributed by atoms with Crippen LogP contribution in [0.4, 0.5) is 0 Å². The summed E-state index contributed by atoms with van der Waals surface area (Å²) < 4.78 is 12.3. The summed E-state index contributed by atoms with van der Waals surface area (Å²) >= 11 is 13.2. The molecule has 0 unspecified atom stereocenters. The maximum absolute atomic E-state index is 12.0. The Hall–Kier alpha value is -1.36. The Morgan fingerprint density at radius 2 is 2.00 bits per heavy atom. The van der Waals surface area contributed by atoms with Crippen LogP contribution in [-0.4, -0.2) is 17.8 Å². The van der Waals surface area contributed by atoms with Gasteiger partial charge in [-0.15, -0.1) is 11.3 Å². The molecule has 24 heavy (non-hydrogen) atoms. The maximum Gasteiger partial charge on any atom is 0.279 e. The van der Waals surface area contributed by atoms with Crippen molar-refractivity contribution in [1.29, 1.82) is 0 Å². The Morgan fingerprint density at radius 1 is 1.21 bits per heavy atom. The Labute approximate surface area is 164 Å². The van der Waals surface area contributed by atoms with E-state index in [-0.39, 0.29) is 12.7 Å². The Kier molecular flexibility index (Phi) is 5.59. The van der Waals surface area contributed by atoms with Gasteiger partial charge in [-0.2, -0.15) is 0 Å². The molecule has 0 atom stereocenters. The first kappa shape index (κ1) is 17.5. The molecule has 0 fully saturated rings. The standard InChI is InChI=1S/C14H11Br2N3O3S2/c15-8-4-11(24-12(8)16)13(20)18-19-14(23)17-5-7-1-2-9-10(3-7)22-6-21-9/h1-4H,5-6H2,(H,18,20)(H2,17,19,23). The summed E-state index contributed by atoms with van der Waals surface area (Å²) in [5.41, 5.74) is 6.21. The number of thiocarbonyl (C=S) groups is 1. The molecule has 1 amide bonds.